The van der Waals surface area contributed by atoms with Gasteiger partial charge in [-0.2, -0.15) is 0 Å². The Hall–Kier alpha value is -2.01. The van der Waals surface area contributed by atoms with Crippen LogP contribution in [-0.2, 0) is 14.6 Å². The molecule has 0 aliphatic heterocycles. The van der Waals surface area contributed by atoms with Gasteiger partial charge in [-0.15, -0.1) is 0 Å². The number of aldehydes is 1. The first-order valence-corrected chi connectivity index (χ1v) is 8.10. The summed E-state index contributed by atoms with van der Waals surface area (Å²) in [6.45, 7) is 0. The first-order chi connectivity index (χ1) is 10.1. The van der Waals surface area contributed by atoms with Crippen LogP contribution in [0.15, 0.2) is 59.5 Å². The Labute approximate surface area is 122 Å². The van der Waals surface area contributed by atoms with E-state index in [-0.39, 0.29) is 4.90 Å². The van der Waals surface area contributed by atoms with Crippen LogP contribution in [0, 0.1) is 11.7 Å². The van der Waals surface area contributed by atoms with E-state index in [1.54, 1.807) is 24.3 Å². The molecule has 3 atom stereocenters. The molecule has 1 aliphatic rings. The van der Waals surface area contributed by atoms with Gasteiger partial charge in [0.25, 0.3) is 0 Å². The topological polar surface area (TPSA) is 51.2 Å². The van der Waals surface area contributed by atoms with Crippen molar-refractivity contribution in [1.29, 1.82) is 0 Å². The molecule has 2 aromatic carbocycles. The average Bonchev–Trinajstić information content (AvgIpc) is 3.23. The molecule has 0 amide bonds. The van der Waals surface area contributed by atoms with E-state index >= 15 is 0 Å². The molecular weight excluding hydrogens is 291 g/mol. The van der Waals surface area contributed by atoms with Crippen molar-refractivity contribution in [3.63, 3.8) is 0 Å². The summed E-state index contributed by atoms with van der Waals surface area (Å²) in [5.41, 5.74) is 0.552. The highest BCUT2D eigenvalue weighted by Gasteiger charge is 2.59. The normalized spacial score (nSPS) is 24.5. The van der Waals surface area contributed by atoms with Gasteiger partial charge in [0.05, 0.1) is 10.1 Å². The summed E-state index contributed by atoms with van der Waals surface area (Å²) in [4.78, 5) is 11.4. The fourth-order valence-electron chi connectivity index (χ4n) is 2.76. The maximum atomic E-state index is 13.3. The molecular formula is C16H13FO3S. The van der Waals surface area contributed by atoms with Crippen molar-refractivity contribution in [3.05, 3.63) is 66.0 Å². The molecule has 0 N–H and O–H groups in total. The minimum Gasteiger partial charge on any atom is -0.303 e. The smallest absolute Gasteiger partial charge is 0.182 e. The van der Waals surface area contributed by atoms with Crippen molar-refractivity contribution in [3.8, 4) is 0 Å². The molecule has 1 saturated carbocycles. The second-order valence-corrected chi connectivity index (χ2v) is 7.22. The van der Waals surface area contributed by atoms with Crippen LogP contribution in [0.5, 0.6) is 0 Å². The lowest BCUT2D eigenvalue weighted by atomic mass is 10.1. The third-order valence-electron chi connectivity index (χ3n) is 3.83. The molecule has 0 aromatic heterocycles. The molecule has 21 heavy (non-hydrogen) atoms. The van der Waals surface area contributed by atoms with Crippen LogP contribution in [0.4, 0.5) is 4.39 Å². The summed E-state index contributed by atoms with van der Waals surface area (Å²) in [5, 5.41) is -0.806. The van der Waals surface area contributed by atoms with Crippen molar-refractivity contribution in [1.82, 2.24) is 0 Å². The Kier molecular flexibility index (Phi) is 3.37. The van der Waals surface area contributed by atoms with Gasteiger partial charge in [0, 0.05) is 11.8 Å². The first-order valence-electron chi connectivity index (χ1n) is 6.55. The fourth-order valence-corrected chi connectivity index (χ4v) is 4.89. The lowest BCUT2D eigenvalue weighted by molar-refractivity contribution is -0.108. The average molecular weight is 304 g/mol. The van der Waals surface area contributed by atoms with Crippen LogP contribution in [0.2, 0.25) is 0 Å². The largest absolute Gasteiger partial charge is 0.303 e. The third kappa shape index (κ3) is 2.38. The first kappa shape index (κ1) is 13.9. The number of hydrogen-bond acceptors (Lipinski definition) is 3. The van der Waals surface area contributed by atoms with Gasteiger partial charge in [-0.05, 0) is 29.8 Å². The van der Waals surface area contributed by atoms with Gasteiger partial charge in [0.15, 0.2) is 9.84 Å². The molecule has 0 radical (unpaired) electrons. The SMILES string of the molecule is O=C[C@@H]1[C@@H](c2cccc(F)c2)[C@@H]1S(=O)(=O)c1ccccc1. The van der Waals surface area contributed by atoms with Gasteiger partial charge in [-0.1, -0.05) is 30.3 Å². The van der Waals surface area contributed by atoms with Crippen molar-refractivity contribution >= 4 is 16.1 Å². The Balaban J connectivity index is 1.98. The maximum Gasteiger partial charge on any atom is 0.182 e. The van der Waals surface area contributed by atoms with Gasteiger partial charge in [-0.3, -0.25) is 0 Å². The molecule has 0 heterocycles. The van der Waals surface area contributed by atoms with Crippen LogP contribution < -0.4 is 0 Å². The van der Waals surface area contributed by atoms with Crippen molar-refractivity contribution in [2.24, 2.45) is 5.92 Å². The zero-order chi connectivity index (χ0) is 15.0. The van der Waals surface area contributed by atoms with E-state index in [1.165, 1.54) is 30.3 Å². The Morgan fingerprint density at radius 1 is 1.00 bits per heavy atom. The van der Waals surface area contributed by atoms with Crippen LogP contribution in [-0.4, -0.2) is 20.0 Å². The summed E-state index contributed by atoms with van der Waals surface area (Å²) >= 11 is 0. The van der Waals surface area contributed by atoms with E-state index in [0.717, 1.165) is 0 Å². The zero-order valence-corrected chi connectivity index (χ0v) is 11.8. The summed E-state index contributed by atoms with van der Waals surface area (Å²) < 4.78 is 38.5. The highest BCUT2D eigenvalue weighted by Crippen LogP contribution is 2.52. The van der Waals surface area contributed by atoms with Crippen LogP contribution in [0.25, 0.3) is 0 Å². The minimum atomic E-state index is -3.59. The van der Waals surface area contributed by atoms with Gasteiger partial charge in [-0.25, -0.2) is 12.8 Å². The number of carbonyl (C=O) groups is 1. The quantitative estimate of drug-likeness (QED) is 0.816. The van der Waals surface area contributed by atoms with E-state index < -0.39 is 32.7 Å². The lowest BCUT2D eigenvalue weighted by Gasteiger charge is -2.04. The molecule has 1 fully saturated rings. The molecule has 5 heteroatoms. The molecule has 0 unspecified atom stereocenters. The molecule has 108 valence electrons. The second-order valence-electron chi connectivity index (χ2n) is 5.12. The van der Waals surface area contributed by atoms with Gasteiger partial charge in [0.1, 0.15) is 12.1 Å². The second kappa shape index (κ2) is 5.07. The highest BCUT2D eigenvalue weighted by molar-refractivity contribution is 7.92. The molecule has 0 bridgehead atoms. The van der Waals surface area contributed by atoms with Crippen LogP contribution >= 0.6 is 0 Å². The van der Waals surface area contributed by atoms with E-state index in [2.05, 4.69) is 0 Å². The van der Waals surface area contributed by atoms with E-state index in [1.807, 2.05) is 0 Å². The standard InChI is InChI=1S/C16H13FO3S/c17-12-6-4-5-11(9-12)15-14(10-18)16(15)21(19,20)13-7-2-1-3-8-13/h1-10,14-16H/t14-,15-,16-/m1/s1. The summed E-state index contributed by atoms with van der Waals surface area (Å²) in [7, 11) is -3.59. The summed E-state index contributed by atoms with van der Waals surface area (Å²) in [5.74, 6) is -1.51. The number of benzene rings is 2. The van der Waals surface area contributed by atoms with Crippen molar-refractivity contribution in [2.75, 3.05) is 0 Å². The van der Waals surface area contributed by atoms with Crippen LogP contribution in [0.1, 0.15) is 11.5 Å². The van der Waals surface area contributed by atoms with Crippen LogP contribution in [0.3, 0.4) is 0 Å². The Bertz CT molecular complexity index is 771. The minimum absolute atomic E-state index is 0.195. The predicted octanol–water partition coefficient (Wildman–Crippen LogP) is 2.58. The van der Waals surface area contributed by atoms with Crippen molar-refractivity contribution in [2.45, 2.75) is 16.1 Å². The molecule has 3 rings (SSSR count). The summed E-state index contributed by atoms with van der Waals surface area (Å²) in [6.07, 6.45) is 0.654. The third-order valence-corrected chi connectivity index (χ3v) is 6.08. The highest BCUT2D eigenvalue weighted by atomic mass is 32.2. The van der Waals surface area contributed by atoms with E-state index in [9.17, 15) is 17.6 Å². The van der Waals surface area contributed by atoms with Gasteiger partial charge in [0.2, 0.25) is 0 Å². The maximum absolute atomic E-state index is 13.3. The number of hydrogen-bond donors (Lipinski definition) is 0. The molecule has 3 nitrogen and oxygen atoms in total. The number of sulfone groups is 1. The zero-order valence-electron chi connectivity index (χ0n) is 11.0. The lowest BCUT2D eigenvalue weighted by Crippen LogP contribution is -2.10. The number of carbonyl (C=O) groups excluding carboxylic acids is 1. The number of halogens is 1. The molecule has 0 spiro atoms. The van der Waals surface area contributed by atoms with E-state index in [4.69, 9.17) is 0 Å². The number of rotatable bonds is 4. The Morgan fingerprint density at radius 3 is 2.33 bits per heavy atom. The predicted molar refractivity (Wildman–Crippen MR) is 76.1 cm³/mol. The van der Waals surface area contributed by atoms with Gasteiger partial charge >= 0.3 is 0 Å². The molecule has 1 aliphatic carbocycles. The van der Waals surface area contributed by atoms with Gasteiger partial charge < -0.3 is 4.79 Å². The van der Waals surface area contributed by atoms with E-state index in [0.29, 0.717) is 11.8 Å². The fraction of sp³-hybridized carbons (Fsp3) is 0.188. The van der Waals surface area contributed by atoms with Crippen molar-refractivity contribution < 1.29 is 17.6 Å². The molecule has 2 aromatic rings. The Morgan fingerprint density at radius 2 is 1.71 bits per heavy atom. The monoisotopic (exact) mass is 304 g/mol. The summed E-state index contributed by atoms with van der Waals surface area (Å²) in [6, 6.07) is 13.8. The molecule has 0 saturated heterocycles.